The van der Waals surface area contributed by atoms with Gasteiger partial charge < -0.3 is 15.0 Å². The predicted molar refractivity (Wildman–Crippen MR) is 78.7 cm³/mol. The summed E-state index contributed by atoms with van der Waals surface area (Å²) in [5.41, 5.74) is 1.91. The van der Waals surface area contributed by atoms with E-state index in [1.165, 1.54) is 5.56 Å². The number of amides is 1. The summed E-state index contributed by atoms with van der Waals surface area (Å²) in [5.74, 6) is 0.484. The first kappa shape index (κ1) is 13.3. The molecule has 2 heterocycles. The number of hydrogen-bond donors (Lipinski definition) is 1. The largest absolute Gasteiger partial charge is 0.444 e. The average molecular weight is 274 g/mol. The summed E-state index contributed by atoms with van der Waals surface area (Å²) < 4.78 is 5.55. The molecule has 1 fully saturated rings. The Bertz CT molecular complexity index is 521. The van der Waals surface area contributed by atoms with E-state index in [1.807, 2.05) is 37.8 Å². The van der Waals surface area contributed by atoms with E-state index in [0.717, 1.165) is 25.2 Å². The van der Waals surface area contributed by atoms with E-state index in [2.05, 4.69) is 17.4 Å². The first-order valence-corrected chi connectivity index (χ1v) is 7.28. The van der Waals surface area contributed by atoms with Crippen molar-refractivity contribution in [2.24, 2.45) is 5.92 Å². The molecule has 0 aromatic heterocycles. The Kier molecular flexibility index (Phi) is 3.11. The van der Waals surface area contributed by atoms with Gasteiger partial charge in [0.2, 0.25) is 0 Å². The van der Waals surface area contributed by atoms with E-state index in [4.69, 9.17) is 4.74 Å². The molecular formula is C16H22N2O2. The number of carbonyl (C=O) groups excluding carboxylic acids is 1. The normalized spacial score (nSPS) is 24.6. The molecule has 2 atom stereocenters. The van der Waals surface area contributed by atoms with Crippen LogP contribution in [0.15, 0.2) is 24.3 Å². The molecule has 1 amide bonds. The van der Waals surface area contributed by atoms with Crippen molar-refractivity contribution < 1.29 is 9.53 Å². The van der Waals surface area contributed by atoms with Gasteiger partial charge in [0.25, 0.3) is 0 Å². The Hall–Kier alpha value is -1.71. The number of likely N-dealkylation sites (tertiary alicyclic amines) is 1. The summed E-state index contributed by atoms with van der Waals surface area (Å²) in [6.45, 7) is 7.44. The first-order chi connectivity index (χ1) is 9.46. The minimum Gasteiger partial charge on any atom is -0.444 e. The summed E-state index contributed by atoms with van der Waals surface area (Å²) in [6.07, 6.45) is 0.840. The first-order valence-electron chi connectivity index (χ1n) is 7.28. The van der Waals surface area contributed by atoms with Gasteiger partial charge in [0, 0.05) is 24.7 Å². The van der Waals surface area contributed by atoms with Gasteiger partial charge in [-0.15, -0.1) is 0 Å². The zero-order valence-corrected chi connectivity index (χ0v) is 12.3. The van der Waals surface area contributed by atoms with Gasteiger partial charge in [-0.3, -0.25) is 0 Å². The molecule has 0 radical (unpaired) electrons. The molecule has 4 heteroatoms. The highest BCUT2D eigenvalue weighted by Crippen LogP contribution is 2.43. The Morgan fingerprint density at radius 1 is 1.35 bits per heavy atom. The van der Waals surface area contributed by atoms with E-state index in [9.17, 15) is 4.79 Å². The lowest BCUT2D eigenvalue weighted by molar-refractivity contribution is 0.0205. The van der Waals surface area contributed by atoms with Crippen LogP contribution >= 0.6 is 0 Å². The van der Waals surface area contributed by atoms with Gasteiger partial charge in [-0.2, -0.15) is 0 Å². The fourth-order valence-electron chi connectivity index (χ4n) is 3.17. The van der Waals surface area contributed by atoms with Crippen molar-refractivity contribution >= 4 is 11.8 Å². The topological polar surface area (TPSA) is 41.6 Å². The summed E-state index contributed by atoms with van der Waals surface area (Å²) >= 11 is 0. The molecule has 0 saturated carbocycles. The SMILES string of the molecule is CC(C)(C)OC(=O)N1CC[C@@H]2CNc3ccccc3[C@@H]21. The number of carbonyl (C=O) groups is 1. The van der Waals surface area contributed by atoms with E-state index >= 15 is 0 Å². The van der Waals surface area contributed by atoms with Crippen LogP contribution in [-0.2, 0) is 4.74 Å². The van der Waals surface area contributed by atoms with Crippen molar-refractivity contribution in [1.29, 1.82) is 0 Å². The molecule has 1 N–H and O–H groups in total. The van der Waals surface area contributed by atoms with Crippen LogP contribution in [0.2, 0.25) is 0 Å². The van der Waals surface area contributed by atoms with E-state index in [1.54, 1.807) is 0 Å². The van der Waals surface area contributed by atoms with Crippen LogP contribution in [0, 0.1) is 5.92 Å². The molecule has 108 valence electrons. The van der Waals surface area contributed by atoms with Crippen LogP contribution in [0.5, 0.6) is 0 Å². The second kappa shape index (κ2) is 4.69. The molecule has 0 unspecified atom stereocenters. The molecule has 4 nitrogen and oxygen atoms in total. The van der Waals surface area contributed by atoms with Crippen molar-refractivity contribution in [2.75, 3.05) is 18.4 Å². The molecule has 0 bridgehead atoms. The third-order valence-corrected chi connectivity index (χ3v) is 3.99. The van der Waals surface area contributed by atoms with E-state index < -0.39 is 5.60 Å². The van der Waals surface area contributed by atoms with Crippen LogP contribution in [0.3, 0.4) is 0 Å². The van der Waals surface area contributed by atoms with Crippen molar-refractivity contribution in [3.05, 3.63) is 29.8 Å². The third-order valence-electron chi connectivity index (χ3n) is 3.99. The Morgan fingerprint density at radius 3 is 2.85 bits per heavy atom. The molecule has 2 aliphatic heterocycles. The number of ether oxygens (including phenoxy) is 1. The fraction of sp³-hybridized carbons (Fsp3) is 0.562. The van der Waals surface area contributed by atoms with Crippen LogP contribution in [0.25, 0.3) is 0 Å². The number of anilines is 1. The van der Waals surface area contributed by atoms with Crippen LogP contribution < -0.4 is 5.32 Å². The number of benzene rings is 1. The van der Waals surface area contributed by atoms with Gasteiger partial charge in [0.1, 0.15) is 5.60 Å². The quantitative estimate of drug-likeness (QED) is 0.788. The number of hydrogen-bond acceptors (Lipinski definition) is 3. The Balaban J connectivity index is 1.87. The number of rotatable bonds is 0. The van der Waals surface area contributed by atoms with Gasteiger partial charge in [0.15, 0.2) is 0 Å². The zero-order chi connectivity index (χ0) is 14.3. The Morgan fingerprint density at radius 2 is 2.10 bits per heavy atom. The smallest absolute Gasteiger partial charge is 0.410 e. The van der Waals surface area contributed by atoms with Crippen molar-refractivity contribution in [3.63, 3.8) is 0 Å². The maximum Gasteiger partial charge on any atom is 0.410 e. The lowest BCUT2D eigenvalue weighted by Gasteiger charge is -2.35. The number of para-hydroxylation sites is 1. The fourth-order valence-corrected chi connectivity index (χ4v) is 3.17. The van der Waals surface area contributed by atoms with Gasteiger partial charge >= 0.3 is 6.09 Å². The number of nitrogens with zero attached hydrogens (tertiary/aromatic N) is 1. The molecule has 1 aromatic rings. The maximum atomic E-state index is 12.4. The second-order valence-electron chi connectivity index (χ2n) is 6.64. The lowest BCUT2D eigenvalue weighted by atomic mass is 9.89. The van der Waals surface area contributed by atoms with Gasteiger partial charge in [0.05, 0.1) is 6.04 Å². The molecule has 1 saturated heterocycles. The van der Waals surface area contributed by atoms with E-state index in [0.29, 0.717) is 5.92 Å². The van der Waals surface area contributed by atoms with E-state index in [-0.39, 0.29) is 12.1 Å². The Labute approximate surface area is 120 Å². The maximum absolute atomic E-state index is 12.4. The molecule has 2 aliphatic rings. The second-order valence-corrected chi connectivity index (χ2v) is 6.64. The minimum atomic E-state index is -0.443. The highest BCUT2D eigenvalue weighted by atomic mass is 16.6. The standard InChI is InChI=1S/C16H22N2O2/c1-16(2,3)20-15(19)18-9-8-11-10-17-13-7-5-4-6-12(13)14(11)18/h4-7,11,14,17H,8-10H2,1-3H3/t11-,14-/m1/s1. The highest BCUT2D eigenvalue weighted by molar-refractivity contribution is 5.71. The summed E-state index contributed by atoms with van der Waals surface area (Å²) in [6, 6.07) is 8.41. The molecule has 0 aliphatic carbocycles. The molecular weight excluding hydrogens is 252 g/mol. The third kappa shape index (κ3) is 2.35. The minimum absolute atomic E-state index is 0.155. The van der Waals surface area contributed by atoms with Gasteiger partial charge in [-0.05, 0) is 38.8 Å². The zero-order valence-electron chi connectivity index (χ0n) is 12.3. The number of fused-ring (bicyclic) bond motifs is 3. The predicted octanol–water partition coefficient (Wildman–Crippen LogP) is 3.41. The molecule has 20 heavy (non-hydrogen) atoms. The van der Waals surface area contributed by atoms with Crippen LogP contribution in [-0.4, -0.2) is 29.7 Å². The highest BCUT2D eigenvalue weighted by Gasteiger charge is 2.42. The van der Waals surface area contributed by atoms with Crippen molar-refractivity contribution in [2.45, 2.75) is 38.8 Å². The monoisotopic (exact) mass is 274 g/mol. The molecule has 1 aromatic carbocycles. The summed E-state index contributed by atoms with van der Waals surface area (Å²) in [7, 11) is 0. The summed E-state index contributed by atoms with van der Waals surface area (Å²) in [5, 5.41) is 3.46. The van der Waals surface area contributed by atoms with Crippen LogP contribution in [0.1, 0.15) is 38.8 Å². The lowest BCUT2D eigenvalue weighted by Crippen LogP contribution is -2.39. The average Bonchev–Trinajstić information content (AvgIpc) is 2.81. The van der Waals surface area contributed by atoms with Gasteiger partial charge in [-0.25, -0.2) is 4.79 Å². The molecule has 3 rings (SSSR count). The van der Waals surface area contributed by atoms with Crippen molar-refractivity contribution in [3.8, 4) is 0 Å². The van der Waals surface area contributed by atoms with Crippen LogP contribution in [0.4, 0.5) is 10.5 Å². The van der Waals surface area contributed by atoms with Gasteiger partial charge in [-0.1, -0.05) is 18.2 Å². The molecule has 0 spiro atoms. The van der Waals surface area contributed by atoms with Crippen molar-refractivity contribution in [1.82, 2.24) is 4.90 Å². The summed E-state index contributed by atoms with van der Waals surface area (Å²) in [4.78, 5) is 14.3. The number of nitrogens with one attached hydrogen (secondary N) is 1.